The molecule has 0 radical (unpaired) electrons. The van der Waals surface area contributed by atoms with Crippen molar-refractivity contribution in [1.82, 2.24) is 40.4 Å². The third-order valence-electron chi connectivity index (χ3n) is 3.55. The maximum atomic E-state index is 4.36. The molecule has 2 aromatic heterocycles. The largest absolute Gasteiger partial charge is 0.231 e. The molecule has 8 nitrogen and oxygen atoms in total. The normalized spacial score (nSPS) is 11.3. The molecule has 0 unspecified atom stereocenters. The zero-order chi connectivity index (χ0) is 19.0. The Balaban J connectivity index is 1.21. The number of hydrogen-bond donors (Lipinski definition) is 0. The zero-order valence-corrected chi connectivity index (χ0v) is 16.4. The first kappa shape index (κ1) is 18.4. The summed E-state index contributed by atoms with van der Waals surface area (Å²) in [4.78, 5) is 3.06. The molecule has 0 atom stereocenters. The third kappa shape index (κ3) is 4.84. The van der Waals surface area contributed by atoms with Crippen LogP contribution in [0.25, 0.3) is 11.4 Å². The fourth-order valence-corrected chi connectivity index (χ4v) is 3.46. The number of rotatable bonds is 8. The van der Waals surface area contributed by atoms with Gasteiger partial charge in [-0.3, -0.25) is 0 Å². The minimum Gasteiger partial charge on any atom is -0.130 e. The number of benzene rings is 2. The second-order valence-electron chi connectivity index (χ2n) is 5.49. The van der Waals surface area contributed by atoms with Crippen molar-refractivity contribution in [2.45, 2.75) is 10.3 Å². The van der Waals surface area contributed by atoms with Crippen LogP contribution in [0.1, 0.15) is 0 Å². The molecule has 0 bridgehead atoms. The smallest absolute Gasteiger partial charge is 0.130 e. The first-order chi connectivity index (χ1) is 13.9. The van der Waals surface area contributed by atoms with Gasteiger partial charge in [0, 0.05) is 11.5 Å². The molecule has 28 heavy (non-hydrogen) atoms. The topological polar surface area (TPSA) is 87.2 Å². The van der Waals surface area contributed by atoms with Gasteiger partial charge in [0.2, 0.25) is 10.3 Å². The molecule has 0 fully saturated rings. The standard InChI is InChI=1S/C18H16N8S2/c1-3-9-15(10-4-1)25-21-17(19-23-25)27-13-7-8-14-28-18-20-24-26(22-18)16-11-5-2-6-12-16/h1-12H,13-14H2. The number of para-hydroxylation sites is 2. The van der Waals surface area contributed by atoms with Crippen molar-refractivity contribution in [1.29, 1.82) is 0 Å². The summed E-state index contributed by atoms with van der Waals surface area (Å²) in [6.07, 6.45) is 4.14. The predicted molar refractivity (Wildman–Crippen MR) is 109 cm³/mol. The van der Waals surface area contributed by atoms with Gasteiger partial charge in [-0.2, -0.15) is 0 Å². The highest BCUT2D eigenvalue weighted by Crippen LogP contribution is 2.15. The number of aromatic nitrogens is 8. The summed E-state index contributed by atoms with van der Waals surface area (Å²) in [6.45, 7) is 0. The van der Waals surface area contributed by atoms with Gasteiger partial charge in [-0.25, -0.2) is 0 Å². The van der Waals surface area contributed by atoms with Crippen molar-refractivity contribution in [3.05, 3.63) is 72.8 Å². The molecule has 0 aliphatic heterocycles. The highest BCUT2D eigenvalue weighted by atomic mass is 32.2. The molecule has 0 amide bonds. The molecule has 0 aliphatic rings. The minimum absolute atomic E-state index is 0.647. The van der Waals surface area contributed by atoms with Gasteiger partial charge in [0.15, 0.2) is 0 Å². The summed E-state index contributed by atoms with van der Waals surface area (Å²) in [7, 11) is 0. The van der Waals surface area contributed by atoms with Crippen molar-refractivity contribution >= 4 is 23.5 Å². The Morgan fingerprint density at radius 3 is 1.50 bits per heavy atom. The van der Waals surface area contributed by atoms with Gasteiger partial charge in [-0.15, -0.1) is 30.0 Å². The highest BCUT2D eigenvalue weighted by molar-refractivity contribution is 7.99. The predicted octanol–water partition coefficient (Wildman–Crippen LogP) is 3.08. The number of tetrazole rings is 2. The molecule has 0 aliphatic carbocycles. The van der Waals surface area contributed by atoms with Crippen molar-refractivity contribution in [3.8, 4) is 11.4 Å². The Kier molecular flexibility index (Phi) is 6.10. The van der Waals surface area contributed by atoms with E-state index in [1.807, 2.05) is 60.7 Å². The number of hydrogen-bond acceptors (Lipinski definition) is 8. The average molecular weight is 409 g/mol. The Morgan fingerprint density at radius 1 is 0.643 bits per heavy atom. The Bertz CT molecular complexity index is 946. The van der Waals surface area contributed by atoms with Crippen LogP contribution in [0.2, 0.25) is 0 Å². The lowest BCUT2D eigenvalue weighted by Crippen LogP contribution is -1.98. The fraction of sp³-hybridized carbons (Fsp3) is 0.111. The highest BCUT2D eigenvalue weighted by Gasteiger charge is 2.05. The van der Waals surface area contributed by atoms with Gasteiger partial charge in [-0.1, -0.05) is 72.1 Å². The summed E-state index contributed by atoms with van der Waals surface area (Å²) in [6, 6.07) is 19.4. The van der Waals surface area contributed by atoms with Gasteiger partial charge in [0.25, 0.3) is 0 Å². The first-order valence-electron chi connectivity index (χ1n) is 8.50. The van der Waals surface area contributed by atoms with Gasteiger partial charge in [-0.05, 0) is 34.7 Å². The first-order valence-corrected chi connectivity index (χ1v) is 10.5. The van der Waals surface area contributed by atoms with Crippen molar-refractivity contribution in [2.75, 3.05) is 11.5 Å². The molecule has 10 heteroatoms. The molecular weight excluding hydrogens is 392 g/mol. The molecule has 140 valence electrons. The summed E-state index contributed by atoms with van der Waals surface area (Å²) in [5.41, 5.74) is 1.79. The van der Waals surface area contributed by atoms with E-state index in [0.717, 1.165) is 22.9 Å². The van der Waals surface area contributed by atoms with Gasteiger partial charge in [0.05, 0.1) is 11.4 Å². The molecule has 0 spiro atoms. The van der Waals surface area contributed by atoms with Crippen LogP contribution >= 0.6 is 23.5 Å². The van der Waals surface area contributed by atoms with Crippen LogP contribution in [0.15, 0.2) is 83.1 Å². The van der Waals surface area contributed by atoms with Crippen LogP contribution < -0.4 is 0 Å². The second-order valence-corrected chi connectivity index (χ2v) is 7.46. The number of nitrogens with zero attached hydrogens (tertiary/aromatic N) is 8. The van der Waals surface area contributed by atoms with Crippen LogP contribution in [0.4, 0.5) is 0 Å². The summed E-state index contributed by atoms with van der Waals surface area (Å²) >= 11 is 3.07. The molecule has 0 N–H and O–H groups in total. The van der Waals surface area contributed by atoms with Crippen LogP contribution in [0.5, 0.6) is 0 Å². The van der Waals surface area contributed by atoms with Crippen molar-refractivity contribution in [3.63, 3.8) is 0 Å². The molecule has 2 heterocycles. The molecule has 0 saturated carbocycles. The summed E-state index contributed by atoms with van der Waals surface area (Å²) in [5.74, 6) is 1.54. The van der Waals surface area contributed by atoms with Gasteiger partial charge >= 0.3 is 0 Å². The van der Waals surface area contributed by atoms with Crippen molar-refractivity contribution < 1.29 is 0 Å². The van der Waals surface area contributed by atoms with Crippen LogP contribution in [-0.2, 0) is 0 Å². The summed E-state index contributed by atoms with van der Waals surface area (Å²) in [5, 5.41) is 26.3. The lowest BCUT2D eigenvalue weighted by Gasteiger charge is -1.95. The van der Waals surface area contributed by atoms with E-state index in [9.17, 15) is 0 Å². The van der Waals surface area contributed by atoms with E-state index in [0.29, 0.717) is 10.3 Å². The van der Waals surface area contributed by atoms with E-state index in [1.165, 1.54) is 33.1 Å². The maximum absolute atomic E-state index is 4.36. The molecule has 2 aromatic carbocycles. The molecule has 0 saturated heterocycles. The fourth-order valence-electron chi connectivity index (χ4n) is 2.24. The van der Waals surface area contributed by atoms with Gasteiger partial charge < -0.3 is 0 Å². The van der Waals surface area contributed by atoms with E-state index < -0.39 is 0 Å². The summed E-state index contributed by atoms with van der Waals surface area (Å²) < 4.78 is 0. The third-order valence-corrected chi connectivity index (χ3v) is 5.11. The monoisotopic (exact) mass is 408 g/mol. The minimum atomic E-state index is 0.647. The van der Waals surface area contributed by atoms with E-state index in [-0.39, 0.29) is 0 Å². The van der Waals surface area contributed by atoms with Gasteiger partial charge in [0.1, 0.15) is 0 Å². The Labute approximate surface area is 170 Å². The Morgan fingerprint density at radius 2 is 1.07 bits per heavy atom. The Hall–Kier alpha value is -2.98. The molecule has 4 aromatic rings. The van der Waals surface area contributed by atoms with E-state index in [1.54, 1.807) is 0 Å². The van der Waals surface area contributed by atoms with Crippen LogP contribution in [-0.4, -0.2) is 51.9 Å². The quantitative estimate of drug-likeness (QED) is 0.325. The zero-order valence-electron chi connectivity index (χ0n) is 14.7. The SMILES string of the molecule is C(=CCSc1nnn(-c2ccccc2)n1)CSc1nnn(-c2ccccc2)n1. The van der Waals surface area contributed by atoms with Crippen LogP contribution in [0.3, 0.4) is 0 Å². The van der Waals surface area contributed by atoms with E-state index >= 15 is 0 Å². The number of thioether (sulfide) groups is 2. The molecule has 4 rings (SSSR count). The van der Waals surface area contributed by atoms with E-state index in [4.69, 9.17) is 0 Å². The molecular formula is C18H16N8S2. The van der Waals surface area contributed by atoms with E-state index in [2.05, 4.69) is 43.0 Å². The lowest BCUT2D eigenvalue weighted by molar-refractivity contribution is 0.717. The lowest BCUT2D eigenvalue weighted by atomic mass is 10.3. The van der Waals surface area contributed by atoms with Crippen molar-refractivity contribution in [2.24, 2.45) is 0 Å². The van der Waals surface area contributed by atoms with Crippen LogP contribution in [0, 0.1) is 0 Å². The maximum Gasteiger partial charge on any atom is 0.231 e. The second kappa shape index (κ2) is 9.29. The average Bonchev–Trinajstić information content (AvgIpc) is 3.42.